The molecule has 0 aliphatic heterocycles. The van der Waals surface area contributed by atoms with Gasteiger partial charge < -0.3 is 9.47 Å². The van der Waals surface area contributed by atoms with E-state index >= 15 is 0 Å². The van der Waals surface area contributed by atoms with Crippen molar-refractivity contribution in [2.75, 3.05) is 0 Å². The molecule has 0 saturated heterocycles. The first kappa shape index (κ1) is 19.5. The summed E-state index contributed by atoms with van der Waals surface area (Å²) in [6.07, 6.45) is 14.8. The van der Waals surface area contributed by atoms with E-state index in [0.717, 1.165) is 38.5 Å². The third-order valence-electron chi connectivity index (χ3n) is 8.66. The number of allylic oxidation sites excluding steroid dienone is 3. The Balaban J connectivity index is 1.68. The molecule has 5 atom stereocenters. The molecular formula is C25H34O3. The van der Waals surface area contributed by atoms with Crippen molar-refractivity contribution in [1.29, 1.82) is 0 Å². The Kier molecular flexibility index (Phi) is 4.63. The van der Waals surface area contributed by atoms with Crippen LogP contribution in [0.25, 0.3) is 0 Å². The molecule has 0 unspecified atom stereocenters. The van der Waals surface area contributed by atoms with Crippen molar-refractivity contribution in [2.45, 2.75) is 71.5 Å². The van der Waals surface area contributed by atoms with Crippen LogP contribution in [0.3, 0.4) is 0 Å². The quantitative estimate of drug-likeness (QED) is 0.426. The van der Waals surface area contributed by atoms with Crippen molar-refractivity contribution in [3.8, 4) is 0 Å². The molecule has 28 heavy (non-hydrogen) atoms. The summed E-state index contributed by atoms with van der Waals surface area (Å²) in [5.41, 5.74) is 3.32. The Morgan fingerprint density at radius 2 is 1.75 bits per heavy atom. The number of hydrogen-bond donors (Lipinski definition) is 0. The number of fused-ring (bicyclic) bond motifs is 5. The maximum absolute atomic E-state index is 12.3. The first-order valence-electron chi connectivity index (χ1n) is 10.8. The zero-order chi connectivity index (χ0) is 20.2. The molecule has 152 valence electrons. The van der Waals surface area contributed by atoms with E-state index in [1.54, 1.807) is 12.5 Å². The van der Waals surface area contributed by atoms with Crippen molar-refractivity contribution in [3.63, 3.8) is 0 Å². The molecule has 0 radical (unpaired) electrons. The highest BCUT2D eigenvalue weighted by molar-refractivity contribution is 5.79. The molecule has 3 saturated carbocycles. The average molecular weight is 383 g/mol. The lowest BCUT2D eigenvalue weighted by atomic mass is 9.50. The summed E-state index contributed by atoms with van der Waals surface area (Å²) in [4.78, 5) is 12.3. The second-order valence-corrected chi connectivity index (χ2v) is 9.82. The smallest absolute Gasteiger partial charge is 0.253 e. The molecule has 0 N–H and O–H groups in total. The van der Waals surface area contributed by atoms with Gasteiger partial charge in [-0.1, -0.05) is 50.3 Å². The van der Waals surface area contributed by atoms with Crippen LogP contribution in [-0.4, -0.2) is 11.6 Å². The molecule has 3 fully saturated rings. The highest BCUT2D eigenvalue weighted by atomic mass is 16.7. The maximum atomic E-state index is 12.3. The molecule has 4 rings (SSSR count). The molecule has 0 aromatic rings. The minimum atomic E-state index is -0.670. The zero-order valence-corrected chi connectivity index (χ0v) is 17.6. The molecule has 0 aromatic carbocycles. The van der Waals surface area contributed by atoms with Gasteiger partial charge in [0.2, 0.25) is 0 Å². The Labute approximate surface area is 169 Å². The fourth-order valence-corrected chi connectivity index (χ4v) is 7.15. The van der Waals surface area contributed by atoms with Gasteiger partial charge in [0.05, 0.1) is 12.5 Å². The SMILES string of the molecule is C=COC1(OC=C)CC[C@]2(C)C(=CC=C3[C@H]2CC[C@]2(C)[C@@H](C(C)=O)CC[C@@H]32)C1. The summed E-state index contributed by atoms with van der Waals surface area (Å²) in [5.74, 6) is 1.07. The van der Waals surface area contributed by atoms with Gasteiger partial charge in [-0.05, 0) is 61.7 Å². The summed E-state index contributed by atoms with van der Waals surface area (Å²) in [5, 5.41) is 0. The van der Waals surface area contributed by atoms with Crippen molar-refractivity contribution < 1.29 is 14.3 Å². The Hall–Kier alpha value is -1.77. The van der Waals surface area contributed by atoms with Gasteiger partial charge in [0.25, 0.3) is 5.79 Å². The minimum Gasteiger partial charge on any atom is -0.460 e. The summed E-state index contributed by atoms with van der Waals surface area (Å²) in [6, 6.07) is 0. The molecular weight excluding hydrogens is 348 g/mol. The van der Waals surface area contributed by atoms with Crippen molar-refractivity contribution in [3.05, 3.63) is 49.0 Å². The van der Waals surface area contributed by atoms with Gasteiger partial charge in [-0.2, -0.15) is 0 Å². The second kappa shape index (κ2) is 6.64. The van der Waals surface area contributed by atoms with Crippen LogP contribution in [0.2, 0.25) is 0 Å². The Bertz CT molecular complexity index is 750. The van der Waals surface area contributed by atoms with E-state index in [1.165, 1.54) is 24.5 Å². The van der Waals surface area contributed by atoms with Gasteiger partial charge in [0, 0.05) is 18.8 Å². The molecule has 3 heteroatoms. The van der Waals surface area contributed by atoms with Gasteiger partial charge in [0.15, 0.2) is 0 Å². The van der Waals surface area contributed by atoms with Crippen LogP contribution in [0.5, 0.6) is 0 Å². The first-order chi connectivity index (χ1) is 13.3. The van der Waals surface area contributed by atoms with E-state index in [4.69, 9.17) is 9.47 Å². The third-order valence-corrected chi connectivity index (χ3v) is 8.66. The van der Waals surface area contributed by atoms with Crippen LogP contribution in [0.4, 0.5) is 0 Å². The largest absolute Gasteiger partial charge is 0.460 e. The highest BCUT2D eigenvalue weighted by Gasteiger charge is 2.58. The molecule has 0 heterocycles. The number of ketones is 1. The Morgan fingerprint density at radius 3 is 2.39 bits per heavy atom. The van der Waals surface area contributed by atoms with E-state index in [0.29, 0.717) is 17.6 Å². The van der Waals surface area contributed by atoms with Crippen molar-refractivity contribution in [2.24, 2.45) is 28.6 Å². The van der Waals surface area contributed by atoms with Crippen LogP contribution >= 0.6 is 0 Å². The fraction of sp³-hybridized carbons (Fsp3) is 0.640. The highest BCUT2D eigenvalue weighted by Crippen LogP contribution is 2.65. The number of carbonyl (C=O) groups excluding carboxylic acids is 1. The first-order valence-corrected chi connectivity index (χ1v) is 10.8. The average Bonchev–Trinajstić information content (AvgIpc) is 3.00. The predicted octanol–water partition coefficient (Wildman–Crippen LogP) is 6.09. The number of ether oxygens (including phenoxy) is 2. The summed E-state index contributed by atoms with van der Waals surface area (Å²) in [7, 11) is 0. The normalized spacial score (nSPS) is 40.8. The van der Waals surface area contributed by atoms with Crippen molar-refractivity contribution >= 4 is 5.78 Å². The van der Waals surface area contributed by atoms with Crippen LogP contribution in [0, 0.1) is 28.6 Å². The summed E-state index contributed by atoms with van der Waals surface area (Å²) < 4.78 is 11.7. The van der Waals surface area contributed by atoms with Crippen molar-refractivity contribution in [1.82, 2.24) is 0 Å². The minimum absolute atomic E-state index is 0.145. The predicted molar refractivity (Wildman–Crippen MR) is 111 cm³/mol. The Morgan fingerprint density at radius 1 is 1.04 bits per heavy atom. The lowest BCUT2D eigenvalue weighted by Gasteiger charge is -2.55. The van der Waals surface area contributed by atoms with E-state index in [2.05, 4.69) is 39.2 Å². The van der Waals surface area contributed by atoms with Gasteiger partial charge in [-0.15, -0.1) is 0 Å². The molecule has 0 amide bonds. The fourth-order valence-electron chi connectivity index (χ4n) is 7.15. The molecule has 4 aliphatic rings. The number of carbonyl (C=O) groups is 1. The zero-order valence-electron chi connectivity index (χ0n) is 17.6. The molecule has 4 aliphatic carbocycles. The molecule has 0 aromatic heterocycles. The molecule has 0 spiro atoms. The second-order valence-electron chi connectivity index (χ2n) is 9.82. The number of rotatable bonds is 5. The third kappa shape index (κ3) is 2.65. The van der Waals surface area contributed by atoms with E-state index in [-0.39, 0.29) is 16.7 Å². The summed E-state index contributed by atoms with van der Waals surface area (Å²) in [6.45, 7) is 14.1. The van der Waals surface area contributed by atoms with Crippen LogP contribution in [0.15, 0.2) is 49.0 Å². The lowest BCUT2D eigenvalue weighted by molar-refractivity contribution is -0.193. The molecule has 3 nitrogen and oxygen atoms in total. The van der Waals surface area contributed by atoms with E-state index in [9.17, 15) is 4.79 Å². The van der Waals surface area contributed by atoms with Crippen LogP contribution in [0.1, 0.15) is 65.7 Å². The van der Waals surface area contributed by atoms with Gasteiger partial charge in [-0.25, -0.2) is 0 Å². The number of Topliss-reactive ketones (excluding diaryl/α,β-unsaturated/α-hetero) is 1. The topological polar surface area (TPSA) is 35.5 Å². The van der Waals surface area contributed by atoms with Crippen LogP contribution < -0.4 is 0 Å². The van der Waals surface area contributed by atoms with E-state index in [1.807, 2.05) is 0 Å². The standard InChI is InChI=1S/C25H34O3/c1-6-27-25(28-7-2)15-14-23(4)18(16-25)8-9-19-21-11-10-20(17(3)26)24(21,5)13-12-22(19)23/h6-9,20-22H,1-2,10-16H2,3-5H3/t20-,21+,22-,23-,24-/m1/s1. The number of hydrogen-bond acceptors (Lipinski definition) is 3. The van der Waals surface area contributed by atoms with Gasteiger partial charge in [0.1, 0.15) is 5.78 Å². The van der Waals surface area contributed by atoms with Gasteiger partial charge in [-0.3, -0.25) is 4.79 Å². The van der Waals surface area contributed by atoms with Crippen LogP contribution in [-0.2, 0) is 14.3 Å². The maximum Gasteiger partial charge on any atom is 0.253 e. The summed E-state index contributed by atoms with van der Waals surface area (Å²) >= 11 is 0. The monoisotopic (exact) mass is 382 g/mol. The lowest BCUT2D eigenvalue weighted by Crippen LogP contribution is -2.49. The molecule has 0 bridgehead atoms. The van der Waals surface area contributed by atoms with Gasteiger partial charge >= 0.3 is 0 Å². The van der Waals surface area contributed by atoms with E-state index < -0.39 is 5.79 Å².